The van der Waals surface area contributed by atoms with Crippen molar-refractivity contribution in [2.45, 2.75) is 19.8 Å². The van der Waals surface area contributed by atoms with Gasteiger partial charge in [0, 0.05) is 44.1 Å². The first-order valence-electron chi connectivity index (χ1n) is 24.4. The van der Waals surface area contributed by atoms with Gasteiger partial charge in [0.2, 0.25) is 0 Å². The summed E-state index contributed by atoms with van der Waals surface area (Å²) in [6.45, 7) is 4.48. The smallest absolute Gasteiger partial charge is 0.103 e. The number of benzene rings is 6. The number of thiophene rings is 6. The van der Waals surface area contributed by atoms with Crippen molar-refractivity contribution in [2.75, 3.05) is 24.5 Å². The molecule has 0 saturated heterocycles. The maximum absolute atomic E-state index is 2.41. The molecule has 0 amide bonds. The van der Waals surface area contributed by atoms with Crippen LogP contribution in [0, 0.1) is 6.92 Å². The molecule has 0 bridgehead atoms. The number of hydrogen-bond acceptors (Lipinski definition) is 11. The third-order valence-corrected chi connectivity index (χ3v) is 19.1. The van der Waals surface area contributed by atoms with Gasteiger partial charge in [-0.3, -0.25) is 24.5 Å². The van der Waals surface area contributed by atoms with Gasteiger partial charge in [-0.15, -0.1) is 22.7 Å². The first-order chi connectivity index (χ1) is 36.5. The van der Waals surface area contributed by atoms with E-state index in [4.69, 9.17) is 0 Å². The molecule has 12 aromatic rings. The molecule has 0 aliphatic carbocycles. The normalized spacial score (nSPS) is 11.6. The fourth-order valence-electron chi connectivity index (χ4n) is 9.08. The highest BCUT2D eigenvalue weighted by Gasteiger charge is 2.26. The topological polar surface area (TPSA) is 16.2 Å². The van der Waals surface area contributed by atoms with E-state index in [0.29, 0.717) is 5.92 Å². The SMILES string of the molecule is Cc1ccc(N(c2ccccc2)c2ccc(N(c3ccccc3)c3ccc(N(c4ccccc4)c4ccc(N(c5ccccc5)c5ccc(N(c6ccccc6)c6ccc(C(C)c7ccccc7)s6)s5)s4)s3)s2)s1. The Hall–Kier alpha value is -7.48. The fourth-order valence-corrected chi connectivity index (χ4v) is 15.7. The van der Waals surface area contributed by atoms with Gasteiger partial charge in [-0.05, 0) is 146 Å². The predicted octanol–water partition coefficient (Wildman–Crippen LogP) is 21.9. The van der Waals surface area contributed by atoms with Gasteiger partial charge in [0.1, 0.15) is 50.0 Å². The molecule has 6 aromatic heterocycles. The lowest BCUT2D eigenvalue weighted by Gasteiger charge is -2.25. The van der Waals surface area contributed by atoms with Crippen molar-refractivity contribution in [3.05, 3.63) is 270 Å². The van der Waals surface area contributed by atoms with Crippen LogP contribution in [-0.4, -0.2) is 0 Å². The van der Waals surface area contributed by atoms with Gasteiger partial charge in [-0.1, -0.05) is 174 Å². The Morgan fingerprint density at radius 3 is 0.743 bits per heavy atom. The van der Waals surface area contributed by atoms with Crippen LogP contribution < -0.4 is 24.5 Å². The highest BCUT2D eigenvalue weighted by Crippen LogP contribution is 2.54. The van der Waals surface area contributed by atoms with Crippen LogP contribution in [-0.2, 0) is 0 Å². The van der Waals surface area contributed by atoms with Crippen molar-refractivity contribution in [3.63, 3.8) is 0 Å². The van der Waals surface area contributed by atoms with Gasteiger partial charge in [-0.25, -0.2) is 0 Å². The maximum atomic E-state index is 2.41. The van der Waals surface area contributed by atoms with E-state index in [1.807, 2.05) is 22.7 Å². The number of rotatable bonds is 17. The molecule has 0 saturated carbocycles. The molecule has 1 unspecified atom stereocenters. The zero-order valence-corrected chi connectivity index (χ0v) is 45.4. The number of nitrogens with zero attached hydrogens (tertiary/aromatic N) is 5. The highest BCUT2D eigenvalue weighted by atomic mass is 32.1. The van der Waals surface area contributed by atoms with Crippen molar-refractivity contribution < 1.29 is 0 Å². The highest BCUT2D eigenvalue weighted by molar-refractivity contribution is 7.24. The van der Waals surface area contributed by atoms with Crippen LogP contribution in [0.1, 0.15) is 28.2 Å². The average molecular weight is 1070 g/mol. The molecule has 12 rings (SSSR count). The molecule has 11 heteroatoms. The molecule has 0 radical (unpaired) electrons. The lowest BCUT2D eigenvalue weighted by atomic mass is 10.00. The van der Waals surface area contributed by atoms with Crippen molar-refractivity contribution in [3.8, 4) is 0 Å². The molecule has 6 aromatic carbocycles. The summed E-state index contributed by atoms with van der Waals surface area (Å²) in [5.74, 6) is 0.291. The third kappa shape index (κ3) is 9.86. The Morgan fingerprint density at radius 1 is 0.243 bits per heavy atom. The maximum Gasteiger partial charge on any atom is 0.103 e. The molecule has 0 aliphatic heterocycles. The molecule has 0 spiro atoms. The molecule has 6 heterocycles. The molecule has 0 N–H and O–H groups in total. The molecule has 0 fully saturated rings. The van der Waals surface area contributed by atoms with Gasteiger partial charge >= 0.3 is 0 Å². The van der Waals surface area contributed by atoms with Crippen LogP contribution in [0.3, 0.4) is 0 Å². The largest absolute Gasteiger partial charge is 0.293 e. The second kappa shape index (κ2) is 21.5. The van der Waals surface area contributed by atoms with E-state index in [9.17, 15) is 0 Å². The van der Waals surface area contributed by atoms with Crippen molar-refractivity contribution in [1.29, 1.82) is 0 Å². The van der Waals surface area contributed by atoms with Crippen molar-refractivity contribution in [2.24, 2.45) is 0 Å². The zero-order chi connectivity index (χ0) is 49.8. The van der Waals surface area contributed by atoms with E-state index in [1.165, 1.54) is 25.3 Å². The van der Waals surface area contributed by atoms with Crippen LogP contribution in [0.4, 0.5) is 78.4 Å². The Bertz CT molecular complexity index is 3690. The van der Waals surface area contributed by atoms with E-state index >= 15 is 0 Å². The van der Waals surface area contributed by atoms with Crippen LogP contribution in [0.15, 0.2) is 255 Å². The Balaban J connectivity index is 0.904. The van der Waals surface area contributed by atoms with Gasteiger partial charge in [-0.2, -0.15) is 0 Å². The van der Waals surface area contributed by atoms with E-state index in [2.05, 4.69) is 293 Å². The minimum absolute atomic E-state index is 0.291. The second-order valence-electron chi connectivity index (χ2n) is 17.5. The van der Waals surface area contributed by atoms with Crippen LogP contribution >= 0.6 is 68.0 Å². The van der Waals surface area contributed by atoms with Gasteiger partial charge in [0.25, 0.3) is 0 Å². The summed E-state index contributed by atoms with van der Waals surface area (Å²) >= 11 is 10.9. The third-order valence-electron chi connectivity index (χ3n) is 12.7. The first kappa shape index (κ1) is 47.5. The molecule has 74 heavy (non-hydrogen) atoms. The number of para-hydroxylation sites is 5. The molecule has 0 aliphatic rings. The lowest BCUT2D eigenvalue weighted by Crippen LogP contribution is -2.08. The zero-order valence-electron chi connectivity index (χ0n) is 40.5. The number of hydrogen-bond donors (Lipinski definition) is 0. The van der Waals surface area contributed by atoms with E-state index in [-0.39, 0.29) is 0 Å². The van der Waals surface area contributed by atoms with Crippen molar-refractivity contribution in [1.82, 2.24) is 0 Å². The summed E-state index contributed by atoms with van der Waals surface area (Å²) < 4.78 is 0. The van der Waals surface area contributed by atoms with Gasteiger partial charge < -0.3 is 0 Å². The van der Waals surface area contributed by atoms with Crippen LogP contribution in [0.5, 0.6) is 0 Å². The minimum atomic E-state index is 0.291. The summed E-state index contributed by atoms with van der Waals surface area (Å²) in [4.78, 5) is 14.6. The summed E-state index contributed by atoms with van der Waals surface area (Å²) in [6, 6.07) is 91.7. The minimum Gasteiger partial charge on any atom is -0.293 e. The molecular weight excluding hydrogens is 1020 g/mol. The Morgan fingerprint density at radius 2 is 0.473 bits per heavy atom. The average Bonchev–Trinajstić information content (AvgIpc) is 4.35. The lowest BCUT2D eigenvalue weighted by molar-refractivity contribution is 0.948. The fraction of sp³-hybridized carbons (Fsp3) is 0.0476. The second-order valence-corrected chi connectivity index (χ2v) is 24.0. The van der Waals surface area contributed by atoms with E-state index in [1.54, 1.807) is 45.3 Å². The quantitative estimate of drug-likeness (QED) is 0.0901. The van der Waals surface area contributed by atoms with Crippen LogP contribution in [0.2, 0.25) is 0 Å². The number of aryl methyl sites for hydroxylation is 1. The first-order valence-corrected chi connectivity index (χ1v) is 29.3. The monoisotopic (exact) mass is 1070 g/mol. The summed E-state index contributed by atoms with van der Waals surface area (Å²) in [5, 5.41) is 11.5. The molecule has 362 valence electrons. The van der Waals surface area contributed by atoms with E-state index < -0.39 is 0 Å². The number of anilines is 15. The summed E-state index contributed by atoms with van der Waals surface area (Å²) in [7, 11) is 0. The van der Waals surface area contributed by atoms with Crippen LogP contribution in [0.25, 0.3) is 0 Å². The summed E-state index contributed by atoms with van der Waals surface area (Å²) in [6.07, 6.45) is 0. The van der Waals surface area contributed by atoms with Crippen molar-refractivity contribution >= 4 is 146 Å². The van der Waals surface area contributed by atoms with Gasteiger partial charge in [0.15, 0.2) is 0 Å². The molecular formula is C63H49N5S6. The predicted molar refractivity (Wildman–Crippen MR) is 326 cm³/mol. The van der Waals surface area contributed by atoms with Gasteiger partial charge in [0.05, 0.1) is 0 Å². The van der Waals surface area contributed by atoms with E-state index in [0.717, 1.165) is 68.4 Å². The Labute approximate surface area is 457 Å². The molecule has 5 nitrogen and oxygen atoms in total. The Kier molecular flexibility index (Phi) is 13.8. The molecule has 1 atom stereocenters. The standard InChI is InChI=1S/C63H49N5S6/c1-45-33-35-54(69-45)64(48-23-11-4-12-24-48)56-37-39-58(71-56)66(50-27-15-6-16-28-50)60-41-43-62(73-60)68(52-31-19-8-20-32-52)63-44-42-61(74-63)67(51-29-17-7-18-30-51)59-40-38-57(72-59)65(49-25-13-5-14-26-49)55-36-34-53(70-55)46(2)47-21-9-3-10-22-47/h3-44,46H,1-2H3. The summed E-state index contributed by atoms with van der Waals surface area (Å²) in [5.41, 5.74) is 6.91.